The standard InChI is InChI=1S/C80H58N4O12/c1-45(85)49-23-31-53(32-24-49)89-63-15-11-17-65(59(63)43-81)93-71-39-57-61(41-73(71)94-66-18-12-16-64(60(66)44-82)90-54-33-25-50(26-34-54)46(2)86)79(5,6)76-58-40-72(95-69-21-13-19-67(77(69)83-9)91-55-35-27-51(28-36-55)47(3)87)74(42-62(58)80(7,8)75(57)76)96-70-22-14-20-68(78(70)84-10)92-56-37-29-52(30-38-56)48(4)88/h11-42,75-76H,1-8H3. The Bertz CT molecular complexity index is 4690. The lowest BCUT2D eigenvalue weighted by Gasteiger charge is -2.31. The molecule has 2 aliphatic carbocycles. The summed E-state index contributed by atoms with van der Waals surface area (Å²) in [6.45, 7) is 31.4. The van der Waals surface area contributed by atoms with Gasteiger partial charge in [0.05, 0.1) is 13.1 Å². The number of rotatable bonds is 20. The molecule has 0 aromatic heterocycles. The van der Waals surface area contributed by atoms with Crippen LogP contribution in [0.3, 0.4) is 0 Å². The topological polar surface area (TPSA) is 198 Å². The van der Waals surface area contributed by atoms with Gasteiger partial charge in [0, 0.05) is 34.1 Å². The zero-order valence-electron chi connectivity index (χ0n) is 53.3. The van der Waals surface area contributed by atoms with E-state index in [4.69, 9.17) is 51.0 Å². The van der Waals surface area contributed by atoms with Gasteiger partial charge in [-0.1, -0.05) is 52.0 Å². The Kier molecular flexibility index (Phi) is 17.0. The smallest absolute Gasteiger partial charge is 0.270 e. The first-order valence-electron chi connectivity index (χ1n) is 30.5. The number of nitrogens with zero attached hydrogens (tertiary/aromatic N) is 4. The number of carbonyl (C=O) groups is 4. The van der Waals surface area contributed by atoms with Crippen LogP contribution in [-0.4, -0.2) is 23.1 Å². The average molecular weight is 1270 g/mol. The van der Waals surface area contributed by atoms with E-state index in [9.17, 15) is 29.7 Å². The number of benzene rings is 10. The third-order valence-corrected chi connectivity index (χ3v) is 17.4. The van der Waals surface area contributed by atoms with Crippen LogP contribution in [0.15, 0.2) is 194 Å². The fraction of sp³-hybridized carbons (Fsp3) is 0.150. The van der Waals surface area contributed by atoms with Crippen LogP contribution in [0.5, 0.6) is 92.0 Å². The van der Waals surface area contributed by atoms with E-state index in [-0.39, 0.29) is 126 Å². The molecule has 0 fully saturated rings. The van der Waals surface area contributed by atoms with Crippen molar-refractivity contribution in [1.82, 2.24) is 0 Å². The van der Waals surface area contributed by atoms with Gasteiger partial charge in [-0.2, -0.15) is 10.5 Å². The molecule has 2 atom stereocenters. The first-order chi connectivity index (χ1) is 46.2. The lowest BCUT2D eigenvalue weighted by molar-refractivity contribution is 0.100. The molecule has 0 bridgehead atoms. The molecule has 10 aromatic carbocycles. The van der Waals surface area contributed by atoms with Gasteiger partial charge >= 0.3 is 0 Å². The maximum absolute atomic E-state index is 12.1. The van der Waals surface area contributed by atoms with Crippen LogP contribution in [0.4, 0.5) is 11.4 Å². The Labute approximate surface area is 554 Å². The normalized spacial score (nSPS) is 14.1. The van der Waals surface area contributed by atoms with Crippen molar-refractivity contribution in [3.63, 3.8) is 0 Å². The highest BCUT2D eigenvalue weighted by Gasteiger charge is 2.59. The zero-order chi connectivity index (χ0) is 67.7. The van der Waals surface area contributed by atoms with Crippen molar-refractivity contribution >= 4 is 34.5 Å². The van der Waals surface area contributed by atoms with Gasteiger partial charge in [-0.25, -0.2) is 9.69 Å². The van der Waals surface area contributed by atoms with Crippen molar-refractivity contribution in [2.75, 3.05) is 0 Å². The van der Waals surface area contributed by atoms with Crippen LogP contribution in [0.1, 0.15) is 142 Å². The van der Waals surface area contributed by atoms with Crippen LogP contribution < -0.4 is 37.9 Å². The molecule has 0 saturated heterocycles. The minimum Gasteiger partial charge on any atom is -0.468 e. The lowest BCUT2D eigenvalue weighted by atomic mass is 9.72. The number of hydrogen-bond donors (Lipinski definition) is 0. The Morgan fingerprint density at radius 3 is 0.833 bits per heavy atom. The van der Waals surface area contributed by atoms with Crippen LogP contribution in [0.25, 0.3) is 9.69 Å². The largest absolute Gasteiger partial charge is 0.468 e. The Morgan fingerprint density at radius 2 is 0.573 bits per heavy atom. The molecular weight excluding hydrogens is 1210 g/mol. The Balaban J connectivity index is 0.986. The van der Waals surface area contributed by atoms with Gasteiger partial charge in [0.15, 0.2) is 46.1 Å². The summed E-state index contributed by atoms with van der Waals surface area (Å²) in [5, 5.41) is 21.8. The van der Waals surface area contributed by atoms with E-state index in [1.807, 2.05) is 24.3 Å². The first kappa shape index (κ1) is 63.4. The molecule has 0 spiro atoms. The number of ketones is 4. The van der Waals surface area contributed by atoms with E-state index in [1.54, 1.807) is 170 Å². The summed E-state index contributed by atoms with van der Waals surface area (Å²) >= 11 is 0. The molecule has 0 N–H and O–H groups in total. The second-order valence-electron chi connectivity index (χ2n) is 24.2. The molecular formula is C80H58N4O12. The lowest BCUT2D eigenvalue weighted by Crippen LogP contribution is -2.25. The van der Waals surface area contributed by atoms with Gasteiger partial charge < -0.3 is 37.9 Å². The number of Topliss-reactive ketones (excluding diaryl/α,β-unsaturated/α-hetero) is 4. The van der Waals surface area contributed by atoms with Crippen molar-refractivity contribution in [1.29, 1.82) is 10.5 Å². The molecule has 96 heavy (non-hydrogen) atoms. The highest BCUT2D eigenvalue weighted by molar-refractivity contribution is 5.96. The minimum atomic E-state index is -0.726. The summed E-state index contributed by atoms with van der Waals surface area (Å²) in [5.41, 5.74) is 4.27. The number of hydrogen-bond acceptors (Lipinski definition) is 14. The SMILES string of the molecule is [C-]#[N+]c1c(Oc2ccc(C(C)=O)cc2)cccc1Oc1cc2c(cc1Oc1cccc(Oc3ccc(C(C)=O)cc3)c1[N+]#[C-])C(C)(C)C1c3cc(Oc4cccc(Oc5ccc(C(C)=O)cc5)c4C#N)c(Oc4cccc(Oc5ccc(C(C)=O)cc5)c4C#N)cc3C(C)(C)C21. The summed E-state index contributed by atoms with van der Waals surface area (Å²) in [6, 6.07) is 58.4. The van der Waals surface area contributed by atoms with Gasteiger partial charge in [0.1, 0.15) is 92.3 Å². The third-order valence-electron chi connectivity index (χ3n) is 17.4. The molecule has 2 aliphatic rings. The number of nitriles is 2. The molecule has 10 aromatic rings. The summed E-state index contributed by atoms with van der Waals surface area (Å²) < 4.78 is 52.8. The summed E-state index contributed by atoms with van der Waals surface area (Å²) in [4.78, 5) is 56.3. The van der Waals surface area contributed by atoms with Crippen LogP contribution >= 0.6 is 0 Å². The Morgan fingerprint density at radius 1 is 0.344 bits per heavy atom. The fourth-order valence-electron chi connectivity index (χ4n) is 12.6. The maximum Gasteiger partial charge on any atom is 0.270 e. The van der Waals surface area contributed by atoms with Crippen molar-refractivity contribution in [3.8, 4) is 104 Å². The predicted octanol–water partition coefficient (Wildman–Crippen LogP) is 21.1. The Hall–Kier alpha value is -12.8. The van der Waals surface area contributed by atoms with Crippen LogP contribution in [0.2, 0.25) is 0 Å². The van der Waals surface area contributed by atoms with Gasteiger partial charge in [0.2, 0.25) is 0 Å². The predicted molar refractivity (Wildman–Crippen MR) is 359 cm³/mol. The zero-order valence-corrected chi connectivity index (χ0v) is 53.3. The van der Waals surface area contributed by atoms with E-state index < -0.39 is 10.8 Å². The van der Waals surface area contributed by atoms with E-state index in [1.165, 1.54) is 27.7 Å². The highest BCUT2D eigenvalue weighted by atomic mass is 16.5. The fourth-order valence-corrected chi connectivity index (χ4v) is 12.6. The molecule has 470 valence electrons. The molecule has 0 radical (unpaired) electrons. The van der Waals surface area contributed by atoms with Crippen molar-refractivity contribution in [3.05, 3.63) is 273 Å². The van der Waals surface area contributed by atoms with Gasteiger partial charge in [-0.05, 0) is 231 Å². The average Bonchev–Trinajstić information content (AvgIpc) is 1.52. The first-order valence-corrected chi connectivity index (χ1v) is 30.5. The minimum absolute atomic E-state index is 0.0412. The summed E-state index contributed by atoms with van der Waals surface area (Å²) in [5.74, 6) is 2.49. The molecule has 12 rings (SSSR count). The van der Waals surface area contributed by atoms with Crippen LogP contribution in [-0.2, 0) is 10.8 Å². The van der Waals surface area contributed by atoms with E-state index in [2.05, 4.69) is 49.5 Å². The van der Waals surface area contributed by atoms with Crippen molar-refractivity contribution in [2.45, 2.75) is 78.1 Å². The molecule has 0 amide bonds. The van der Waals surface area contributed by atoms with Gasteiger partial charge in [-0.15, -0.1) is 0 Å². The number of para-hydroxylation sites is 2. The second kappa shape index (κ2) is 25.7. The molecule has 16 nitrogen and oxygen atoms in total. The van der Waals surface area contributed by atoms with Crippen LogP contribution in [0, 0.1) is 35.8 Å². The molecule has 2 unspecified atom stereocenters. The van der Waals surface area contributed by atoms with Gasteiger partial charge in [0.25, 0.3) is 11.4 Å². The van der Waals surface area contributed by atoms with E-state index >= 15 is 0 Å². The number of ether oxygens (including phenoxy) is 8. The molecule has 0 heterocycles. The quantitative estimate of drug-likeness (QED) is 0.0516. The van der Waals surface area contributed by atoms with Crippen molar-refractivity contribution in [2.24, 2.45) is 0 Å². The van der Waals surface area contributed by atoms with Gasteiger partial charge in [-0.3, -0.25) is 19.2 Å². The highest BCUT2D eigenvalue weighted by Crippen LogP contribution is 2.69. The molecule has 0 aliphatic heterocycles. The maximum atomic E-state index is 12.1. The van der Waals surface area contributed by atoms with E-state index in [0.29, 0.717) is 45.3 Å². The number of fused-ring (bicyclic) bond motifs is 5. The van der Waals surface area contributed by atoms with E-state index in [0.717, 1.165) is 22.3 Å². The van der Waals surface area contributed by atoms with Crippen molar-refractivity contribution < 1.29 is 57.1 Å². The molecule has 0 saturated carbocycles. The molecule has 16 heteroatoms. The summed E-state index contributed by atoms with van der Waals surface area (Å²) in [6.07, 6.45) is 0. The second-order valence-corrected chi connectivity index (χ2v) is 24.2. The number of carbonyl (C=O) groups excluding carboxylic acids is 4. The third kappa shape index (κ3) is 12.2. The monoisotopic (exact) mass is 1270 g/mol. The summed E-state index contributed by atoms with van der Waals surface area (Å²) in [7, 11) is 0.